The number of unbranched alkanes of at least 4 members (excludes halogenated alkanes) is 1. The number of fused-ring (bicyclic) bond motifs is 1. The molecule has 6 heteroatoms. The van der Waals surface area contributed by atoms with Crippen LogP contribution in [0.25, 0.3) is 0 Å². The van der Waals surface area contributed by atoms with Crippen LogP contribution < -0.4 is 5.56 Å². The molecule has 0 radical (unpaired) electrons. The van der Waals surface area contributed by atoms with Gasteiger partial charge in [0.05, 0.1) is 11.7 Å². The Morgan fingerprint density at radius 3 is 2.74 bits per heavy atom. The summed E-state index contributed by atoms with van der Waals surface area (Å²) in [5.41, 5.74) is 1.88. The van der Waals surface area contributed by atoms with Gasteiger partial charge in [-0.25, -0.2) is 4.39 Å². The van der Waals surface area contributed by atoms with E-state index in [9.17, 15) is 9.18 Å². The maximum Gasteiger partial charge on any atom is 0.258 e. The molecule has 0 amide bonds. The van der Waals surface area contributed by atoms with Crippen molar-refractivity contribution in [2.75, 3.05) is 0 Å². The van der Waals surface area contributed by atoms with Gasteiger partial charge in [-0.05, 0) is 36.3 Å². The number of rotatable bonds is 4. The molecule has 0 saturated carbocycles. The van der Waals surface area contributed by atoms with E-state index in [-0.39, 0.29) is 17.5 Å². The fourth-order valence-electron chi connectivity index (χ4n) is 3.00. The van der Waals surface area contributed by atoms with Crippen molar-refractivity contribution in [3.8, 4) is 0 Å². The first kappa shape index (κ1) is 16.1. The van der Waals surface area contributed by atoms with E-state index in [4.69, 9.17) is 17.0 Å². The maximum atomic E-state index is 13.2. The van der Waals surface area contributed by atoms with Crippen LogP contribution in [0.4, 0.5) is 4.39 Å². The molecule has 0 fully saturated rings. The zero-order valence-corrected chi connectivity index (χ0v) is 13.7. The smallest absolute Gasteiger partial charge is 0.258 e. The fourth-order valence-corrected chi connectivity index (χ4v) is 3.22. The molecule has 2 heterocycles. The van der Waals surface area contributed by atoms with Crippen molar-refractivity contribution in [3.63, 3.8) is 0 Å². The molecular formula is C17H19FN2O2S. The predicted molar refractivity (Wildman–Crippen MR) is 88.6 cm³/mol. The predicted octanol–water partition coefficient (Wildman–Crippen LogP) is 3.79. The van der Waals surface area contributed by atoms with Gasteiger partial charge in [0, 0.05) is 12.1 Å². The molecule has 0 spiro atoms. The molecule has 0 bridgehead atoms. The number of benzene rings is 1. The molecule has 23 heavy (non-hydrogen) atoms. The van der Waals surface area contributed by atoms with Crippen LogP contribution >= 0.6 is 12.2 Å². The second-order valence-electron chi connectivity index (χ2n) is 5.84. The summed E-state index contributed by atoms with van der Waals surface area (Å²) in [5, 5.41) is 0. The van der Waals surface area contributed by atoms with Crippen molar-refractivity contribution in [3.05, 3.63) is 62.0 Å². The number of hydrogen-bond donors (Lipinski definition) is 2. The van der Waals surface area contributed by atoms with E-state index < -0.39 is 6.10 Å². The molecule has 4 nitrogen and oxygen atoms in total. The number of ether oxygens (including phenoxy) is 1. The monoisotopic (exact) mass is 334 g/mol. The highest BCUT2D eigenvalue weighted by molar-refractivity contribution is 7.71. The molecular weight excluding hydrogens is 315 g/mol. The summed E-state index contributed by atoms with van der Waals surface area (Å²) < 4.78 is 19.7. The van der Waals surface area contributed by atoms with Crippen molar-refractivity contribution in [1.82, 2.24) is 9.97 Å². The molecule has 2 unspecified atom stereocenters. The summed E-state index contributed by atoms with van der Waals surface area (Å²) in [6, 6.07) is 6.08. The minimum Gasteiger partial charge on any atom is -0.365 e. The Bertz CT molecular complexity index is 797. The van der Waals surface area contributed by atoms with E-state index in [1.807, 2.05) is 0 Å². The molecule has 3 rings (SSSR count). The Morgan fingerprint density at radius 2 is 2.04 bits per heavy atom. The zero-order chi connectivity index (χ0) is 16.4. The van der Waals surface area contributed by atoms with E-state index >= 15 is 0 Å². The zero-order valence-electron chi connectivity index (χ0n) is 12.9. The number of aromatic amines is 2. The van der Waals surface area contributed by atoms with Gasteiger partial charge < -0.3 is 9.72 Å². The Hall–Kier alpha value is -1.79. The molecule has 2 N–H and O–H groups in total. The Morgan fingerprint density at radius 1 is 1.30 bits per heavy atom. The summed E-state index contributed by atoms with van der Waals surface area (Å²) in [5.74, 6) is -0.311. The Balaban J connectivity index is 2.05. The van der Waals surface area contributed by atoms with E-state index in [0.29, 0.717) is 16.8 Å². The van der Waals surface area contributed by atoms with Crippen molar-refractivity contribution >= 4 is 12.2 Å². The van der Waals surface area contributed by atoms with Gasteiger partial charge in [0.1, 0.15) is 11.9 Å². The minimum absolute atomic E-state index is 0.0185. The lowest BCUT2D eigenvalue weighted by molar-refractivity contribution is -0.0116. The lowest BCUT2D eigenvalue weighted by Gasteiger charge is -2.31. The van der Waals surface area contributed by atoms with Crippen LogP contribution in [0, 0.1) is 10.6 Å². The number of hydrogen-bond acceptors (Lipinski definition) is 3. The lowest BCUT2D eigenvalue weighted by atomic mass is 9.93. The first-order valence-corrected chi connectivity index (χ1v) is 8.25. The summed E-state index contributed by atoms with van der Waals surface area (Å²) in [4.78, 5) is 18.1. The van der Waals surface area contributed by atoms with Crippen LogP contribution in [-0.2, 0) is 11.2 Å². The lowest BCUT2D eigenvalue weighted by Crippen LogP contribution is -2.33. The Kier molecular flexibility index (Phi) is 4.73. The van der Waals surface area contributed by atoms with Crippen LogP contribution in [0.2, 0.25) is 0 Å². The number of nitrogens with one attached hydrogen (secondary N) is 2. The molecule has 2 atom stereocenters. The summed E-state index contributed by atoms with van der Waals surface area (Å²) in [6.07, 6.45) is 3.21. The molecule has 1 aromatic heterocycles. The highest BCUT2D eigenvalue weighted by Gasteiger charge is 2.31. The minimum atomic E-state index is -0.503. The quantitative estimate of drug-likeness (QED) is 0.836. The normalized spacial score (nSPS) is 20.3. The van der Waals surface area contributed by atoms with Gasteiger partial charge >= 0.3 is 0 Å². The van der Waals surface area contributed by atoms with Crippen molar-refractivity contribution < 1.29 is 9.13 Å². The molecule has 2 aromatic rings. The van der Waals surface area contributed by atoms with Gasteiger partial charge in [-0.3, -0.25) is 9.78 Å². The first-order valence-electron chi connectivity index (χ1n) is 7.84. The summed E-state index contributed by atoms with van der Waals surface area (Å²) >= 11 is 5.08. The number of halogens is 1. The van der Waals surface area contributed by atoms with Crippen molar-refractivity contribution in [2.24, 2.45) is 0 Å². The molecule has 1 aliphatic rings. The highest BCUT2D eigenvalue weighted by atomic mass is 32.1. The van der Waals surface area contributed by atoms with Crippen LogP contribution in [0.1, 0.15) is 49.1 Å². The average molecular weight is 334 g/mol. The van der Waals surface area contributed by atoms with Crippen LogP contribution in [-0.4, -0.2) is 16.1 Å². The van der Waals surface area contributed by atoms with Gasteiger partial charge in [0.2, 0.25) is 0 Å². The van der Waals surface area contributed by atoms with E-state index in [0.717, 1.165) is 30.5 Å². The fraction of sp³-hybridized carbons (Fsp3) is 0.412. The van der Waals surface area contributed by atoms with E-state index in [1.165, 1.54) is 12.1 Å². The van der Waals surface area contributed by atoms with Gasteiger partial charge in [-0.2, -0.15) is 0 Å². The second-order valence-corrected chi connectivity index (χ2v) is 6.24. The van der Waals surface area contributed by atoms with Crippen LogP contribution in [0.15, 0.2) is 29.1 Å². The van der Waals surface area contributed by atoms with Crippen LogP contribution in [0.5, 0.6) is 0 Å². The average Bonchev–Trinajstić information content (AvgIpc) is 2.52. The van der Waals surface area contributed by atoms with Gasteiger partial charge in [-0.15, -0.1) is 0 Å². The maximum absolute atomic E-state index is 13.2. The molecule has 122 valence electrons. The molecule has 1 aromatic carbocycles. The SMILES string of the molecule is CCCCC1Cc2[nH]c(=S)[nH]c(=O)c2C(c2ccc(F)cc2)O1. The van der Waals surface area contributed by atoms with Gasteiger partial charge in [0.25, 0.3) is 5.56 Å². The number of H-pyrrole nitrogens is 2. The number of aromatic nitrogens is 2. The standard InChI is InChI=1S/C17H19FN2O2S/c1-2-3-4-12-9-13-14(16(21)20-17(23)19-13)15(22-12)10-5-7-11(18)8-6-10/h5-8,12,15H,2-4,9H2,1H3,(H2,19,20,21,23). The third-order valence-corrected chi connectivity index (χ3v) is 4.34. The van der Waals surface area contributed by atoms with Gasteiger partial charge in [0.15, 0.2) is 4.77 Å². The molecule has 0 aliphatic carbocycles. The Labute approximate surface area is 138 Å². The van der Waals surface area contributed by atoms with Crippen LogP contribution in [0.3, 0.4) is 0 Å². The first-order chi connectivity index (χ1) is 11.1. The molecule has 0 saturated heterocycles. The third-order valence-electron chi connectivity index (χ3n) is 4.14. The largest absolute Gasteiger partial charge is 0.365 e. The van der Waals surface area contributed by atoms with E-state index in [1.54, 1.807) is 12.1 Å². The van der Waals surface area contributed by atoms with E-state index in [2.05, 4.69) is 16.9 Å². The van der Waals surface area contributed by atoms with Crippen molar-refractivity contribution in [2.45, 2.75) is 44.8 Å². The summed E-state index contributed by atoms with van der Waals surface area (Å²) in [6.45, 7) is 2.13. The highest BCUT2D eigenvalue weighted by Crippen LogP contribution is 2.33. The van der Waals surface area contributed by atoms with Gasteiger partial charge in [-0.1, -0.05) is 31.9 Å². The third kappa shape index (κ3) is 3.43. The summed E-state index contributed by atoms with van der Waals surface area (Å²) in [7, 11) is 0. The second kappa shape index (κ2) is 6.76. The topological polar surface area (TPSA) is 57.9 Å². The van der Waals surface area contributed by atoms with Crippen molar-refractivity contribution in [1.29, 1.82) is 0 Å². The molecule has 1 aliphatic heterocycles.